The van der Waals surface area contributed by atoms with E-state index in [1.165, 1.54) is 35.7 Å². The van der Waals surface area contributed by atoms with Crippen molar-refractivity contribution in [3.8, 4) is 0 Å². The third-order valence-corrected chi connectivity index (χ3v) is 2.78. The van der Waals surface area contributed by atoms with Gasteiger partial charge >= 0.3 is 0 Å². The Balaban J connectivity index is 2.46. The largest absolute Gasteiger partial charge is 0.0654 e. The summed E-state index contributed by atoms with van der Waals surface area (Å²) in [6, 6.07) is 8.47. The topological polar surface area (TPSA) is 0 Å². The number of rotatable bonds is 4. The lowest BCUT2D eigenvalue weighted by Gasteiger charge is -2.02. The molecule has 0 atom stereocenters. The van der Waals surface area contributed by atoms with Crippen LogP contribution in [0.15, 0.2) is 28.7 Å². The van der Waals surface area contributed by atoms with Gasteiger partial charge in [-0.1, -0.05) is 53.9 Å². The maximum absolute atomic E-state index is 3.55. The van der Waals surface area contributed by atoms with Crippen LogP contribution in [-0.2, 0) is 6.42 Å². The van der Waals surface area contributed by atoms with Crippen LogP contribution in [0.4, 0.5) is 0 Å². The molecule has 0 spiro atoms. The van der Waals surface area contributed by atoms with Crippen LogP contribution in [0.1, 0.15) is 31.7 Å². The van der Waals surface area contributed by atoms with E-state index in [1.54, 1.807) is 0 Å². The van der Waals surface area contributed by atoms with Gasteiger partial charge in [-0.05, 0) is 24.5 Å². The minimum absolute atomic E-state index is 1.20. The molecule has 0 saturated carbocycles. The van der Waals surface area contributed by atoms with Gasteiger partial charge in [0.2, 0.25) is 0 Å². The summed E-state index contributed by atoms with van der Waals surface area (Å²) in [5, 5.41) is 0. The molecular formula is C11H15Br. The van der Waals surface area contributed by atoms with Gasteiger partial charge in [-0.3, -0.25) is 0 Å². The lowest BCUT2D eigenvalue weighted by atomic mass is 10.1. The zero-order valence-corrected chi connectivity index (χ0v) is 9.10. The molecule has 0 heterocycles. The molecule has 1 heteroatoms. The Hall–Kier alpha value is -0.300. The molecule has 0 N–H and O–H groups in total. The van der Waals surface area contributed by atoms with Crippen molar-refractivity contribution < 1.29 is 0 Å². The summed E-state index contributed by atoms with van der Waals surface area (Å²) in [5.74, 6) is 0. The Morgan fingerprint density at radius 3 is 2.58 bits per heavy atom. The van der Waals surface area contributed by atoms with Crippen LogP contribution in [0, 0.1) is 0 Å². The molecule has 66 valence electrons. The summed E-state index contributed by atoms with van der Waals surface area (Å²) in [4.78, 5) is 0. The molecule has 1 aromatic rings. The quantitative estimate of drug-likeness (QED) is 0.677. The third-order valence-electron chi connectivity index (χ3n) is 2.01. The van der Waals surface area contributed by atoms with Crippen LogP contribution in [0.2, 0.25) is 0 Å². The molecule has 0 bridgehead atoms. The fourth-order valence-electron chi connectivity index (χ4n) is 1.27. The Morgan fingerprint density at radius 2 is 1.92 bits per heavy atom. The van der Waals surface area contributed by atoms with E-state index >= 15 is 0 Å². The summed E-state index contributed by atoms with van der Waals surface area (Å²) >= 11 is 3.55. The van der Waals surface area contributed by atoms with Gasteiger partial charge in [0.05, 0.1) is 0 Å². The van der Waals surface area contributed by atoms with Gasteiger partial charge in [-0.25, -0.2) is 0 Å². The molecule has 0 amide bonds. The van der Waals surface area contributed by atoms with E-state index in [2.05, 4.69) is 47.1 Å². The van der Waals surface area contributed by atoms with E-state index in [0.29, 0.717) is 0 Å². The number of aryl methyl sites for hydroxylation is 1. The first-order chi connectivity index (χ1) is 5.84. The zero-order valence-electron chi connectivity index (χ0n) is 7.52. The van der Waals surface area contributed by atoms with Gasteiger partial charge in [0.15, 0.2) is 0 Å². The van der Waals surface area contributed by atoms with Crippen LogP contribution < -0.4 is 0 Å². The Morgan fingerprint density at radius 1 is 1.17 bits per heavy atom. The van der Waals surface area contributed by atoms with Crippen LogP contribution in [0.3, 0.4) is 0 Å². The van der Waals surface area contributed by atoms with Gasteiger partial charge in [0, 0.05) is 4.47 Å². The predicted molar refractivity (Wildman–Crippen MR) is 57.4 cm³/mol. The first kappa shape index (κ1) is 9.79. The second kappa shape index (κ2) is 5.36. The normalized spacial score (nSPS) is 10.2. The molecule has 1 rings (SSSR count). The van der Waals surface area contributed by atoms with Crippen molar-refractivity contribution in [2.24, 2.45) is 0 Å². The summed E-state index contributed by atoms with van der Waals surface area (Å²) in [5.41, 5.74) is 1.44. The maximum atomic E-state index is 3.55. The fourth-order valence-corrected chi connectivity index (χ4v) is 1.75. The predicted octanol–water partition coefficient (Wildman–Crippen LogP) is 4.18. The third kappa shape index (κ3) is 2.98. The summed E-state index contributed by atoms with van der Waals surface area (Å²) in [6.07, 6.45) is 5.14. The van der Waals surface area contributed by atoms with Crippen LogP contribution >= 0.6 is 15.9 Å². The minimum Gasteiger partial charge on any atom is -0.0654 e. The number of benzene rings is 1. The van der Waals surface area contributed by atoms with Crippen molar-refractivity contribution in [3.63, 3.8) is 0 Å². The molecule has 0 saturated heterocycles. The molecule has 0 radical (unpaired) electrons. The van der Waals surface area contributed by atoms with Crippen molar-refractivity contribution in [2.75, 3.05) is 0 Å². The standard InChI is InChI=1S/C11H15Br/c1-2-3-4-7-10-8-5-6-9-11(10)12/h5-6,8-9H,2-4,7H2,1H3. The smallest absolute Gasteiger partial charge is 0.0207 e. The van der Waals surface area contributed by atoms with E-state index in [9.17, 15) is 0 Å². The highest BCUT2D eigenvalue weighted by Crippen LogP contribution is 2.18. The van der Waals surface area contributed by atoms with Crippen LogP contribution in [-0.4, -0.2) is 0 Å². The molecule has 0 aliphatic heterocycles. The second-order valence-electron chi connectivity index (χ2n) is 3.05. The zero-order chi connectivity index (χ0) is 8.81. The Kier molecular flexibility index (Phi) is 4.37. The molecular weight excluding hydrogens is 212 g/mol. The SMILES string of the molecule is CCCCCc1ccccc1Br. The van der Waals surface area contributed by atoms with E-state index in [0.717, 1.165) is 0 Å². The molecule has 0 aliphatic carbocycles. The van der Waals surface area contributed by atoms with Crippen molar-refractivity contribution >= 4 is 15.9 Å². The van der Waals surface area contributed by atoms with Crippen LogP contribution in [0.25, 0.3) is 0 Å². The lowest BCUT2D eigenvalue weighted by Crippen LogP contribution is -1.85. The maximum Gasteiger partial charge on any atom is 0.0207 e. The van der Waals surface area contributed by atoms with Gasteiger partial charge in [0.25, 0.3) is 0 Å². The number of halogens is 1. The Labute approximate surface area is 83.1 Å². The average Bonchev–Trinajstić information content (AvgIpc) is 2.09. The van der Waals surface area contributed by atoms with Crippen LogP contribution in [0.5, 0.6) is 0 Å². The monoisotopic (exact) mass is 226 g/mol. The molecule has 0 aliphatic rings. The van der Waals surface area contributed by atoms with E-state index in [4.69, 9.17) is 0 Å². The first-order valence-electron chi connectivity index (χ1n) is 4.58. The molecule has 0 aromatic heterocycles. The van der Waals surface area contributed by atoms with Crippen molar-refractivity contribution in [1.82, 2.24) is 0 Å². The number of unbranched alkanes of at least 4 members (excludes halogenated alkanes) is 2. The fraction of sp³-hybridized carbons (Fsp3) is 0.455. The van der Waals surface area contributed by atoms with Gasteiger partial charge < -0.3 is 0 Å². The molecule has 1 aromatic carbocycles. The average molecular weight is 227 g/mol. The highest BCUT2D eigenvalue weighted by Gasteiger charge is 1.96. The van der Waals surface area contributed by atoms with Crippen molar-refractivity contribution in [1.29, 1.82) is 0 Å². The molecule has 0 unspecified atom stereocenters. The second-order valence-corrected chi connectivity index (χ2v) is 3.90. The lowest BCUT2D eigenvalue weighted by molar-refractivity contribution is 0.716. The van der Waals surface area contributed by atoms with Gasteiger partial charge in [-0.15, -0.1) is 0 Å². The van der Waals surface area contributed by atoms with E-state index in [-0.39, 0.29) is 0 Å². The summed E-state index contributed by atoms with van der Waals surface area (Å²) in [7, 11) is 0. The van der Waals surface area contributed by atoms with Gasteiger partial charge in [-0.2, -0.15) is 0 Å². The first-order valence-corrected chi connectivity index (χ1v) is 5.37. The minimum atomic E-state index is 1.20. The number of hydrogen-bond acceptors (Lipinski definition) is 0. The molecule has 0 nitrogen and oxygen atoms in total. The Bertz CT molecular complexity index is 230. The summed E-state index contributed by atoms with van der Waals surface area (Å²) < 4.78 is 1.25. The highest BCUT2D eigenvalue weighted by molar-refractivity contribution is 9.10. The van der Waals surface area contributed by atoms with Gasteiger partial charge in [0.1, 0.15) is 0 Å². The van der Waals surface area contributed by atoms with Crippen molar-refractivity contribution in [2.45, 2.75) is 32.6 Å². The molecule has 0 fully saturated rings. The highest BCUT2D eigenvalue weighted by atomic mass is 79.9. The molecule has 12 heavy (non-hydrogen) atoms. The van der Waals surface area contributed by atoms with Crippen molar-refractivity contribution in [3.05, 3.63) is 34.3 Å². The number of hydrogen-bond donors (Lipinski definition) is 0. The summed E-state index contributed by atoms with van der Waals surface area (Å²) in [6.45, 7) is 2.24. The van der Waals surface area contributed by atoms with E-state index < -0.39 is 0 Å². The van der Waals surface area contributed by atoms with E-state index in [1.807, 2.05) is 0 Å².